The van der Waals surface area contributed by atoms with E-state index >= 15 is 4.39 Å². The smallest absolute Gasteiger partial charge is 0.309 e. The number of likely N-dealkylation sites (tertiary alicyclic amines) is 1. The van der Waals surface area contributed by atoms with Gasteiger partial charge in [-0.15, -0.1) is 0 Å². The standard InChI is InChI=1S/C26H27FN4O3/c1-3-34-26(33)20-11-18(20)16-6-7-17(21(27)10-16)23-13-31-24(28-23)19(15-4-5-15)12-22(29-31)25(32)30-9-8-14(30)2/h6-7,10,12-15,18,20H,3-5,8-9,11H2,1-2H3/t14-,18-,20+/m1/s1. The Hall–Kier alpha value is -3.29. The van der Waals surface area contributed by atoms with Crippen molar-refractivity contribution in [2.75, 3.05) is 13.2 Å². The van der Waals surface area contributed by atoms with Crippen molar-refractivity contribution in [3.05, 3.63) is 53.1 Å². The third-order valence-corrected chi connectivity index (χ3v) is 7.35. The maximum Gasteiger partial charge on any atom is 0.309 e. The highest BCUT2D eigenvalue weighted by Crippen LogP contribution is 2.49. The minimum absolute atomic E-state index is 0.00396. The van der Waals surface area contributed by atoms with Crippen molar-refractivity contribution in [3.8, 4) is 11.3 Å². The van der Waals surface area contributed by atoms with Gasteiger partial charge in [0.1, 0.15) is 11.5 Å². The van der Waals surface area contributed by atoms with Gasteiger partial charge in [0.15, 0.2) is 5.65 Å². The van der Waals surface area contributed by atoms with Gasteiger partial charge in [0.05, 0.1) is 24.4 Å². The van der Waals surface area contributed by atoms with Gasteiger partial charge in [-0.25, -0.2) is 13.9 Å². The number of hydrogen-bond donors (Lipinski definition) is 0. The molecule has 176 valence electrons. The quantitative estimate of drug-likeness (QED) is 0.510. The Morgan fingerprint density at radius 1 is 1.21 bits per heavy atom. The number of imidazole rings is 1. The first-order valence-electron chi connectivity index (χ1n) is 12.1. The van der Waals surface area contributed by atoms with Crippen LogP contribution in [0.5, 0.6) is 0 Å². The van der Waals surface area contributed by atoms with Crippen LogP contribution in [0.3, 0.4) is 0 Å². The fourth-order valence-electron chi connectivity index (χ4n) is 4.94. The van der Waals surface area contributed by atoms with Gasteiger partial charge in [0.25, 0.3) is 5.91 Å². The highest BCUT2D eigenvalue weighted by Gasteiger charge is 2.45. The summed E-state index contributed by atoms with van der Waals surface area (Å²) >= 11 is 0. The molecule has 7 nitrogen and oxygen atoms in total. The minimum Gasteiger partial charge on any atom is -0.466 e. The highest BCUT2D eigenvalue weighted by molar-refractivity contribution is 5.93. The molecule has 2 aliphatic carbocycles. The average molecular weight is 463 g/mol. The average Bonchev–Trinajstić information content (AvgIpc) is 3.73. The lowest BCUT2D eigenvalue weighted by atomic mass is 10.0. The predicted molar refractivity (Wildman–Crippen MR) is 123 cm³/mol. The van der Waals surface area contributed by atoms with E-state index in [9.17, 15) is 9.59 Å². The number of hydrogen-bond acceptors (Lipinski definition) is 5. The van der Waals surface area contributed by atoms with E-state index in [0.29, 0.717) is 41.5 Å². The van der Waals surface area contributed by atoms with Crippen LogP contribution in [0.15, 0.2) is 30.5 Å². The number of carbonyl (C=O) groups excluding carboxylic acids is 2. The van der Waals surface area contributed by atoms with Gasteiger partial charge in [0.2, 0.25) is 0 Å². The molecule has 34 heavy (non-hydrogen) atoms. The summed E-state index contributed by atoms with van der Waals surface area (Å²) in [6, 6.07) is 7.19. The SMILES string of the molecule is CCOC(=O)[C@H]1C[C@@H]1c1ccc(-c2cn3nc(C(=O)N4CC[C@H]4C)cc(C4CC4)c3n2)c(F)c1. The van der Waals surface area contributed by atoms with Gasteiger partial charge in [-0.05, 0) is 75.1 Å². The van der Waals surface area contributed by atoms with Gasteiger partial charge in [-0.1, -0.05) is 6.07 Å². The summed E-state index contributed by atoms with van der Waals surface area (Å²) in [5, 5.41) is 4.55. The molecular formula is C26H27FN4O3. The summed E-state index contributed by atoms with van der Waals surface area (Å²) in [7, 11) is 0. The molecule has 1 aromatic carbocycles. The van der Waals surface area contributed by atoms with Crippen LogP contribution in [-0.2, 0) is 9.53 Å². The fraction of sp³-hybridized carbons (Fsp3) is 0.462. The summed E-state index contributed by atoms with van der Waals surface area (Å²) in [4.78, 5) is 31.5. The molecule has 1 amide bonds. The molecule has 0 unspecified atom stereocenters. The molecule has 3 fully saturated rings. The Balaban J connectivity index is 1.32. The Kier molecular flexibility index (Phi) is 4.93. The van der Waals surface area contributed by atoms with E-state index < -0.39 is 0 Å². The van der Waals surface area contributed by atoms with E-state index in [-0.39, 0.29) is 35.6 Å². The summed E-state index contributed by atoms with van der Waals surface area (Å²) in [5.41, 5.74) is 3.77. The molecule has 3 aliphatic rings. The van der Waals surface area contributed by atoms with E-state index in [1.165, 1.54) is 6.07 Å². The summed E-state index contributed by atoms with van der Waals surface area (Å²) in [6.45, 7) is 4.93. The van der Waals surface area contributed by atoms with Crippen LogP contribution in [0, 0.1) is 11.7 Å². The van der Waals surface area contributed by atoms with E-state index in [1.54, 1.807) is 23.7 Å². The van der Waals surface area contributed by atoms with Crippen LogP contribution in [0.2, 0.25) is 0 Å². The summed E-state index contributed by atoms with van der Waals surface area (Å²) < 4.78 is 21.9. The number of ether oxygens (including phenoxy) is 1. The van der Waals surface area contributed by atoms with Gasteiger partial charge in [-0.2, -0.15) is 5.10 Å². The van der Waals surface area contributed by atoms with Gasteiger partial charge in [0, 0.05) is 23.7 Å². The topological polar surface area (TPSA) is 76.8 Å². The number of fused-ring (bicyclic) bond motifs is 1. The van der Waals surface area contributed by atoms with Crippen LogP contribution in [-0.4, -0.2) is 50.6 Å². The normalized spacial score (nSPS) is 23.6. The third kappa shape index (κ3) is 3.56. The third-order valence-electron chi connectivity index (χ3n) is 7.35. The largest absolute Gasteiger partial charge is 0.466 e. The van der Waals surface area contributed by atoms with Crippen molar-refractivity contribution in [1.29, 1.82) is 0 Å². The molecule has 0 bridgehead atoms. The molecule has 3 aromatic rings. The Morgan fingerprint density at radius 3 is 2.68 bits per heavy atom. The Bertz CT molecular complexity index is 1310. The number of aromatic nitrogens is 3. The molecule has 0 spiro atoms. The molecule has 2 aromatic heterocycles. The zero-order valence-electron chi connectivity index (χ0n) is 19.3. The number of halogens is 1. The van der Waals surface area contributed by atoms with Crippen molar-refractivity contribution in [3.63, 3.8) is 0 Å². The van der Waals surface area contributed by atoms with Crippen LogP contribution in [0.1, 0.15) is 73.0 Å². The minimum atomic E-state index is -0.380. The van der Waals surface area contributed by atoms with Crippen LogP contribution in [0.4, 0.5) is 4.39 Å². The molecule has 2 saturated carbocycles. The molecule has 0 N–H and O–H groups in total. The van der Waals surface area contributed by atoms with E-state index in [0.717, 1.165) is 36.9 Å². The lowest BCUT2D eigenvalue weighted by Crippen LogP contribution is -2.49. The fourth-order valence-corrected chi connectivity index (χ4v) is 4.94. The molecule has 3 heterocycles. The predicted octanol–water partition coefficient (Wildman–Crippen LogP) is 4.31. The van der Waals surface area contributed by atoms with Crippen LogP contribution >= 0.6 is 0 Å². The first kappa shape index (κ1) is 21.3. The summed E-state index contributed by atoms with van der Waals surface area (Å²) in [5.74, 6) is -0.472. The molecule has 6 rings (SSSR count). The van der Waals surface area contributed by atoms with E-state index in [4.69, 9.17) is 9.72 Å². The number of amides is 1. The summed E-state index contributed by atoms with van der Waals surface area (Å²) in [6.07, 6.45) is 5.51. The second kappa shape index (κ2) is 7.89. The van der Waals surface area contributed by atoms with Crippen molar-refractivity contribution in [2.45, 2.75) is 57.4 Å². The Labute approximate surface area is 196 Å². The second-order valence-electron chi connectivity index (χ2n) is 9.73. The molecule has 3 atom stereocenters. The maximum absolute atomic E-state index is 15.2. The van der Waals surface area contributed by atoms with E-state index in [2.05, 4.69) is 5.10 Å². The van der Waals surface area contributed by atoms with E-state index in [1.807, 2.05) is 24.0 Å². The Morgan fingerprint density at radius 2 is 2.03 bits per heavy atom. The second-order valence-corrected chi connectivity index (χ2v) is 9.73. The van der Waals surface area contributed by atoms with Gasteiger partial charge >= 0.3 is 5.97 Å². The number of esters is 1. The highest BCUT2D eigenvalue weighted by atomic mass is 19.1. The maximum atomic E-state index is 15.2. The number of nitrogens with zero attached hydrogens (tertiary/aromatic N) is 4. The van der Waals surface area contributed by atoms with Crippen LogP contribution in [0.25, 0.3) is 16.9 Å². The van der Waals surface area contributed by atoms with Crippen molar-refractivity contribution < 1.29 is 18.7 Å². The lowest BCUT2D eigenvalue weighted by Gasteiger charge is -2.38. The van der Waals surface area contributed by atoms with Crippen molar-refractivity contribution in [2.24, 2.45) is 5.92 Å². The molecular weight excluding hydrogens is 435 g/mol. The number of rotatable bonds is 6. The lowest BCUT2D eigenvalue weighted by molar-refractivity contribution is -0.144. The van der Waals surface area contributed by atoms with Crippen molar-refractivity contribution in [1.82, 2.24) is 19.5 Å². The monoisotopic (exact) mass is 462 g/mol. The molecule has 1 aliphatic heterocycles. The first-order valence-corrected chi connectivity index (χ1v) is 12.1. The first-order chi connectivity index (χ1) is 16.4. The molecule has 0 radical (unpaired) electrons. The zero-order chi connectivity index (χ0) is 23.6. The van der Waals surface area contributed by atoms with Gasteiger partial charge < -0.3 is 9.64 Å². The number of carbonyl (C=O) groups is 2. The molecule has 1 saturated heterocycles. The van der Waals surface area contributed by atoms with Crippen LogP contribution < -0.4 is 0 Å². The number of benzene rings is 1. The van der Waals surface area contributed by atoms with Gasteiger partial charge in [-0.3, -0.25) is 9.59 Å². The zero-order valence-corrected chi connectivity index (χ0v) is 19.3. The molecule has 8 heteroatoms. The van der Waals surface area contributed by atoms with Crippen molar-refractivity contribution >= 4 is 17.5 Å².